The minimum absolute atomic E-state index is 0. The van der Waals surface area contributed by atoms with E-state index in [1.54, 1.807) is 0 Å². The molecule has 250 valence electrons. The normalized spacial score (nSPS) is 11.9. The molecule has 0 unspecified atom stereocenters. The number of fused-ring (bicyclic) bond motifs is 3. The number of rotatable bonds is 7. The van der Waals surface area contributed by atoms with Crippen molar-refractivity contribution in [2.75, 3.05) is 0 Å². The first kappa shape index (κ1) is 34.4. The molecule has 7 aromatic rings. The van der Waals surface area contributed by atoms with Crippen LogP contribution in [0.3, 0.4) is 0 Å². The monoisotopic (exact) mass is 825 g/mol. The van der Waals surface area contributed by atoms with Gasteiger partial charge in [0, 0.05) is 35.0 Å². The van der Waals surface area contributed by atoms with Gasteiger partial charge in [0.1, 0.15) is 5.82 Å². The summed E-state index contributed by atoms with van der Waals surface area (Å²) < 4.78 is 10.5. The van der Waals surface area contributed by atoms with E-state index in [0.717, 1.165) is 44.4 Å². The molecule has 5 nitrogen and oxygen atoms in total. The molecule has 0 spiro atoms. The van der Waals surface area contributed by atoms with E-state index in [1.807, 2.05) is 47.4 Å². The zero-order valence-electron chi connectivity index (χ0n) is 29.4. The Labute approximate surface area is 304 Å². The maximum absolute atomic E-state index is 6.41. The van der Waals surface area contributed by atoms with Crippen molar-refractivity contribution < 1.29 is 25.8 Å². The first-order valence-corrected chi connectivity index (χ1v) is 16.8. The van der Waals surface area contributed by atoms with Crippen LogP contribution in [0.5, 0.6) is 11.5 Å². The summed E-state index contributed by atoms with van der Waals surface area (Å²) in [6.07, 6.45) is 5.94. The smallest absolute Gasteiger partial charge is 0.509 e. The summed E-state index contributed by atoms with van der Waals surface area (Å²) in [6.45, 7) is 18.1. The summed E-state index contributed by atoms with van der Waals surface area (Å²) in [5.41, 5.74) is 10.5. The molecule has 0 aliphatic rings. The molecule has 0 N–H and O–H groups in total. The van der Waals surface area contributed by atoms with Gasteiger partial charge >= 0.3 is 21.1 Å². The van der Waals surface area contributed by atoms with E-state index >= 15 is 0 Å². The van der Waals surface area contributed by atoms with E-state index in [1.165, 1.54) is 22.3 Å². The van der Waals surface area contributed by atoms with Crippen molar-refractivity contribution in [1.29, 1.82) is 0 Å². The third kappa shape index (κ3) is 6.62. The van der Waals surface area contributed by atoms with Crippen molar-refractivity contribution >= 4 is 21.8 Å². The molecule has 0 aliphatic heterocycles. The minimum Gasteiger partial charge on any atom is -0.509 e. The first-order chi connectivity index (χ1) is 23.0. The zero-order valence-corrected chi connectivity index (χ0v) is 31.7. The summed E-state index contributed by atoms with van der Waals surface area (Å²) in [7, 11) is 0. The summed E-state index contributed by atoms with van der Waals surface area (Å²) in [5, 5.41) is 7.06. The number of aromatic nitrogens is 4. The molecule has 4 aromatic carbocycles. The van der Waals surface area contributed by atoms with Crippen molar-refractivity contribution in [1.82, 2.24) is 19.3 Å². The fourth-order valence-electron chi connectivity index (χ4n) is 6.51. The molecule has 0 fully saturated rings. The van der Waals surface area contributed by atoms with Gasteiger partial charge in [-0.2, -0.15) is 17.2 Å². The number of nitrogens with zero attached hydrogens (tertiary/aromatic N) is 4. The Kier molecular flexibility index (Phi) is 9.44. The fourth-order valence-corrected chi connectivity index (χ4v) is 6.51. The van der Waals surface area contributed by atoms with Gasteiger partial charge in [0.25, 0.3) is 0 Å². The number of pyridine rings is 1. The van der Waals surface area contributed by atoms with Crippen LogP contribution in [-0.2, 0) is 26.5 Å². The van der Waals surface area contributed by atoms with E-state index < -0.39 is 0 Å². The van der Waals surface area contributed by atoms with Crippen LogP contribution in [0.25, 0.3) is 44.4 Å². The second kappa shape index (κ2) is 13.4. The van der Waals surface area contributed by atoms with Crippen molar-refractivity contribution in [3.8, 4) is 34.1 Å². The second-order valence-corrected chi connectivity index (χ2v) is 14.4. The van der Waals surface area contributed by atoms with Gasteiger partial charge in [-0.3, -0.25) is 4.68 Å². The first-order valence-electron chi connectivity index (χ1n) is 16.8. The number of benzene rings is 4. The van der Waals surface area contributed by atoms with E-state index in [4.69, 9.17) is 14.8 Å². The number of hydrogen-bond acceptors (Lipinski definition) is 3. The van der Waals surface area contributed by atoms with Crippen molar-refractivity contribution in [2.45, 2.75) is 72.6 Å². The van der Waals surface area contributed by atoms with Gasteiger partial charge in [-0.15, -0.1) is 35.7 Å². The van der Waals surface area contributed by atoms with E-state index in [0.29, 0.717) is 23.3 Å². The van der Waals surface area contributed by atoms with Crippen LogP contribution in [0.1, 0.15) is 82.6 Å². The average Bonchev–Trinajstić information content (AvgIpc) is 3.67. The number of para-hydroxylation sites is 1. The fraction of sp³-hybridized carbons (Fsp3) is 0.256. The summed E-state index contributed by atoms with van der Waals surface area (Å²) in [6, 6.07) is 34.2. The van der Waals surface area contributed by atoms with Gasteiger partial charge in [-0.05, 0) is 81.3 Å². The van der Waals surface area contributed by atoms with Gasteiger partial charge in [-0.1, -0.05) is 84.3 Å². The van der Waals surface area contributed by atoms with Gasteiger partial charge in [0.2, 0.25) is 0 Å². The molecule has 7 rings (SSSR count). The quantitative estimate of drug-likeness (QED) is 0.150. The molecular formula is C43H42N4OPt. The van der Waals surface area contributed by atoms with E-state index in [-0.39, 0.29) is 26.5 Å². The van der Waals surface area contributed by atoms with Crippen LogP contribution in [0.4, 0.5) is 0 Å². The molecule has 0 amide bonds. The van der Waals surface area contributed by atoms with Gasteiger partial charge < -0.3 is 9.30 Å². The Balaban J connectivity index is 0.00000417. The van der Waals surface area contributed by atoms with Crippen LogP contribution in [-0.4, -0.2) is 19.3 Å². The van der Waals surface area contributed by atoms with E-state index in [2.05, 4.69) is 127 Å². The van der Waals surface area contributed by atoms with E-state index in [9.17, 15) is 0 Å². The summed E-state index contributed by atoms with van der Waals surface area (Å²) in [4.78, 5) is 4.70. The Morgan fingerprint density at radius 2 is 1.49 bits per heavy atom. The third-order valence-corrected chi connectivity index (χ3v) is 9.09. The predicted molar refractivity (Wildman–Crippen MR) is 197 cm³/mol. The van der Waals surface area contributed by atoms with Gasteiger partial charge in [0.05, 0.1) is 6.20 Å². The van der Waals surface area contributed by atoms with Crippen LogP contribution in [0.15, 0.2) is 97.5 Å². The second-order valence-electron chi connectivity index (χ2n) is 14.4. The third-order valence-electron chi connectivity index (χ3n) is 9.09. The minimum atomic E-state index is 0. The Morgan fingerprint density at radius 3 is 2.18 bits per heavy atom. The van der Waals surface area contributed by atoms with Crippen LogP contribution >= 0.6 is 0 Å². The van der Waals surface area contributed by atoms with Crippen LogP contribution in [0, 0.1) is 19.1 Å². The largest absolute Gasteiger partial charge is 2.00 e. The molecule has 0 bridgehead atoms. The summed E-state index contributed by atoms with van der Waals surface area (Å²) >= 11 is 0. The average molecular weight is 826 g/mol. The number of aryl methyl sites for hydroxylation is 1. The maximum Gasteiger partial charge on any atom is 2.00 e. The molecule has 0 aliphatic carbocycles. The summed E-state index contributed by atoms with van der Waals surface area (Å²) in [5.74, 6) is 2.81. The number of ether oxygens (including phenoxy) is 1. The number of hydrogen-bond donors (Lipinski definition) is 0. The molecule has 3 aromatic heterocycles. The SMILES string of the molecule is Cc1ccnc(-n2c3[c-]c(Oc4[c-]c(-n5cc(-c6c(C(C)C)cc(C(C)(C)C)cc6C(C)C)cn5)ccc4)ccc3c3ccccc32)c1.[Pt+2]. The molecule has 49 heavy (non-hydrogen) atoms. The Bertz CT molecular complexity index is 2260. The molecular weight excluding hydrogens is 784 g/mol. The predicted octanol–water partition coefficient (Wildman–Crippen LogP) is 11.3. The molecule has 0 radical (unpaired) electrons. The molecule has 6 heteroatoms. The van der Waals surface area contributed by atoms with Crippen molar-refractivity contribution in [2.24, 2.45) is 0 Å². The molecule has 0 saturated carbocycles. The maximum atomic E-state index is 6.41. The molecule has 3 heterocycles. The Hall–Kier alpha value is -4.47. The standard InChI is InChI=1S/C43H42N4O.Pt/c1-27(2)37-21-31(43(6,7)8)22-38(28(3)4)42(37)30-25-45-46(26-30)32-12-11-13-33(23-32)48-34-16-17-36-35-14-9-10-15-39(35)47(40(36)24-34)41-20-29(5)18-19-44-41;/h9-22,25-28H,1-8H3;/q-2;+2. The Morgan fingerprint density at radius 1 is 0.776 bits per heavy atom. The van der Waals surface area contributed by atoms with Gasteiger partial charge in [-0.25, -0.2) is 4.98 Å². The molecule has 0 saturated heterocycles. The van der Waals surface area contributed by atoms with Crippen molar-refractivity contribution in [3.63, 3.8) is 0 Å². The zero-order chi connectivity index (χ0) is 33.7. The molecule has 0 atom stereocenters. The van der Waals surface area contributed by atoms with Crippen LogP contribution < -0.4 is 4.74 Å². The van der Waals surface area contributed by atoms with Crippen LogP contribution in [0.2, 0.25) is 0 Å². The topological polar surface area (TPSA) is 44.9 Å². The van der Waals surface area contributed by atoms with Crippen molar-refractivity contribution in [3.05, 3.63) is 132 Å². The van der Waals surface area contributed by atoms with Gasteiger partial charge in [0.15, 0.2) is 0 Å².